The molecular weight excluding hydrogens is 182 g/mol. The predicted octanol–water partition coefficient (Wildman–Crippen LogP) is 0.152. The minimum Gasteiger partial charge on any atom is -0.395 e. The highest BCUT2D eigenvalue weighted by molar-refractivity contribution is 4.68. The quantitative estimate of drug-likeness (QED) is 0.618. The minimum absolute atomic E-state index is 0.0653. The second-order valence-corrected chi connectivity index (χ2v) is 3.65. The number of rotatable bonds is 7. The highest BCUT2D eigenvalue weighted by Crippen LogP contribution is 2.08. The molecule has 84 valence electrons. The van der Waals surface area contributed by atoms with Crippen LogP contribution in [-0.2, 0) is 9.47 Å². The van der Waals surface area contributed by atoms with E-state index in [2.05, 4.69) is 12.2 Å². The van der Waals surface area contributed by atoms with E-state index < -0.39 is 0 Å². The van der Waals surface area contributed by atoms with Crippen molar-refractivity contribution in [1.82, 2.24) is 5.32 Å². The third kappa shape index (κ3) is 4.37. The lowest BCUT2D eigenvalue weighted by molar-refractivity contribution is 0.0207. The van der Waals surface area contributed by atoms with E-state index in [1.807, 2.05) is 0 Å². The molecule has 2 N–H and O–H groups in total. The zero-order valence-corrected chi connectivity index (χ0v) is 8.87. The largest absolute Gasteiger partial charge is 0.395 e. The first-order valence-electron chi connectivity index (χ1n) is 5.40. The normalized spacial score (nSPS) is 24.0. The van der Waals surface area contributed by atoms with Crippen LogP contribution in [0.4, 0.5) is 0 Å². The van der Waals surface area contributed by atoms with Gasteiger partial charge in [-0.15, -0.1) is 0 Å². The third-order valence-corrected chi connectivity index (χ3v) is 2.32. The molecule has 1 saturated heterocycles. The molecule has 1 aliphatic heterocycles. The van der Waals surface area contributed by atoms with Crippen LogP contribution in [0.1, 0.15) is 19.8 Å². The molecule has 0 aliphatic carbocycles. The summed E-state index contributed by atoms with van der Waals surface area (Å²) in [6, 6.07) is 0.0653. The molecule has 1 aliphatic rings. The lowest BCUT2D eigenvalue weighted by Crippen LogP contribution is -2.38. The molecule has 4 heteroatoms. The Balaban J connectivity index is 2.06. The van der Waals surface area contributed by atoms with E-state index in [0.717, 1.165) is 26.0 Å². The standard InChI is InChI=1S/C10H21NO3/c1-2-4-11-9(6-12)7-14-10-3-5-13-8-10/h9-12H,2-8H2,1H3. The SMILES string of the molecule is CCCNC(CO)COC1CCOC1. The van der Waals surface area contributed by atoms with Crippen LogP contribution < -0.4 is 5.32 Å². The van der Waals surface area contributed by atoms with Gasteiger partial charge in [0.1, 0.15) is 0 Å². The maximum absolute atomic E-state index is 9.05. The summed E-state index contributed by atoms with van der Waals surface area (Å²) in [6.07, 6.45) is 2.28. The minimum atomic E-state index is 0.0653. The molecule has 4 nitrogen and oxygen atoms in total. The van der Waals surface area contributed by atoms with Crippen molar-refractivity contribution in [1.29, 1.82) is 0 Å². The number of nitrogens with one attached hydrogen (secondary N) is 1. The summed E-state index contributed by atoms with van der Waals surface area (Å²) < 4.78 is 10.8. The second kappa shape index (κ2) is 7.17. The van der Waals surface area contributed by atoms with Crippen LogP contribution in [-0.4, -0.2) is 50.2 Å². The van der Waals surface area contributed by atoms with Gasteiger partial charge in [0.25, 0.3) is 0 Å². The summed E-state index contributed by atoms with van der Waals surface area (Å²) in [6.45, 7) is 5.24. The van der Waals surface area contributed by atoms with Crippen molar-refractivity contribution in [2.24, 2.45) is 0 Å². The highest BCUT2D eigenvalue weighted by Gasteiger charge is 2.17. The van der Waals surface area contributed by atoms with Gasteiger partial charge < -0.3 is 19.9 Å². The fourth-order valence-corrected chi connectivity index (χ4v) is 1.42. The molecule has 0 aromatic rings. The molecule has 2 atom stereocenters. The van der Waals surface area contributed by atoms with Crippen LogP contribution in [0.2, 0.25) is 0 Å². The highest BCUT2D eigenvalue weighted by atomic mass is 16.5. The molecule has 0 aromatic heterocycles. The summed E-state index contributed by atoms with van der Waals surface area (Å²) in [5, 5.41) is 12.3. The Labute approximate surface area is 85.6 Å². The van der Waals surface area contributed by atoms with Crippen LogP contribution in [0.15, 0.2) is 0 Å². The van der Waals surface area contributed by atoms with Crippen molar-refractivity contribution in [3.05, 3.63) is 0 Å². The lowest BCUT2D eigenvalue weighted by Gasteiger charge is -2.18. The van der Waals surface area contributed by atoms with Crippen molar-refractivity contribution < 1.29 is 14.6 Å². The average molecular weight is 203 g/mol. The Morgan fingerprint density at radius 1 is 1.64 bits per heavy atom. The van der Waals surface area contributed by atoms with Gasteiger partial charge in [-0.2, -0.15) is 0 Å². The van der Waals surface area contributed by atoms with E-state index in [-0.39, 0.29) is 18.8 Å². The van der Waals surface area contributed by atoms with Gasteiger partial charge >= 0.3 is 0 Å². The van der Waals surface area contributed by atoms with E-state index in [4.69, 9.17) is 14.6 Å². The Bertz CT molecular complexity index is 137. The summed E-state index contributed by atoms with van der Waals surface area (Å²) in [7, 11) is 0. The number of hydrogen-bond acceptors (Lipinski definition) is 4. The van der Waals surface area contributed by atoms with Crippen molar-refractivity contribution in [2.45, 2.75) is 31.9 Å². The summed E-state index contributed by atoms with van der Waals surface area (Å²) in [5.41, 5.74) is 0. The van der Waals surface area contributed by atoms with E-state index in [0.29, 0.717) is 13.2 Å². The van der Waals surface area contributed by atoms with Crippen molar-refractivity contribution in [3.8, 4) is 0 Å². The van der Waals surface area contributed by atoms with Crippen LogP contribution in [0.5, 0.6) is 0 Å². The van der Waals surface area contributed by atoms with E-state index in [1.54, 1.807) is 0 Å². The molecule has 1 fully saturated rings. The van der Waals surface area contributed by atoms with Crippen LogP contribution in [0.3, 0.4) is 0 Å². The van der Waals surface area contributed by atoms with Crippen molar-refractivity contribution in [3.63, 3.8) is 0 Å². The van der Waals surface area contributed by atoms with Gasteiger partial charge in [0.05, 0.1) is 32.0 Å². The molecule has 1 heterocycles. The molecule has 0 saturated carbocycles. The number of aliphatic hydroxyl groups excluding tert-OH is 1. The fourth-order valence-electron chi connectivity index (χ4n) is 1.42. The first-order valence-corrected chi connectivity index (χ1v) is 5.40. The van der Waals surface area contributed by atoms with E-state index in [1.165, 1.54) is 0 Å². The molecule has 1 rings (SSSR count). The topological polar surface area (TPSA) is 50.7 Å². The summed E-state index contributed by atoms with van der Waals surface area (Å²) >= 11 is 0. The zero-order chi connectivity index (χ0) is 10.2. The molecule has 0 spiro atoms. The van der Waals surface area contributed by atoms with E-state index >= 15 is 0 Å². The zero-order valence-electron chi connectivity index (χ0n) is 8.87. The summed E-state index contributed by atoms with van der Waals surface area (Å²) in [5.74, 6) is 0. The van der Waals surface area contributed by atoms with E-state index in [9.17, 15) is 0 Å². The number of hydrogen-bond donors (Lipinski definition) is 2. The van der Waals surface area contributed by atoms with Gasteiger partial charge in [-0.1, -0.05) is 6.92 Å². The number of aliphatic hydroxyl groups is 1. The van der Waals surface area contributed by atoms with Gasteiger partial charge in [0, 0.05) is 6.61 Å². The third-order valence-electron chi connectivity index (χ3n) is 2.32. The first kappa shape index (κ1) is 11.9. The summed E-state index contributed by atoms with van der Waals surface area (Å²) in [4.78, 5) is 0. The fraction of sp³-hybridized carbons (Fsp3) is 1.00. The molecule has 0 amide bonds. The number of ether oxygens (including phenoxy) is 2. The second-order valence-electron chi connectivity index (χ2n) is 3.65. The first-order chi connectivity index (χ1) is 6.86. The van der Waals surface area contributed by atoms with Crippen LogP contribution >= 0.6 is 0 Å². The Kier molecular flexibility index (Phi) is 6.10. The smallest absolute Gasteiger partial charge is 0.0831 e. The molecular formula is C10H21NO3. The van der Waals surface area contributed by atoms with Gasteiger partial charge in [-0.05, 0) is 19.4 Å². The molecule has 0 bridgehead atoms. The maximum atomic E-state index is 9.05. The van der Waals surface area contributed by atoms with Crippen molar-refractivity contribution in [2.75, 3.05) is 33.0 Å². The van der Waals surface area contributed by atoms with Crippen LogP contribution in [0, 0.1) is 0 Å². The van der Waals surface area contributed by atoms with Gasteiger partial charge in [-0.3, -0.25) is 0 Å². The van der Waals surface area contributed by atoms with Gasteiger partial charge in [0.15, 0.2) is 0 Å². The molecule has 0 radical (unpaired) electrons. The monoisotopic (exact) mass is 203 g/mol. The van der Waals surface area contributed by atoms with Crippen LogP contribution in [0.25, 0.3) is 0 Å². The maximum Gasteiger partial charge on any atom is 0.0831 e. The molecule has 2 unspecified atom stereocenters. The van der Waals surface area contributed by atoms with Gasteiger partial charge in [0.2, 0.25) is 0 Å². The predicted molar refractivity (Wildman–Crippen MR) is 54.3 cm³/mol. The van der Waals surface area contributed by atoms with Crippen molar-refractivity contribution >= 4 is 0 Å². The Morgan fingerprint density at radius 2 is 2.50 bits per heavy atom. The molecule has 14 heavy (non-hydrogen) atoms. The average Bonchev–Trinajstić information content (AvgIpc) is 2.71. The Hall–Kier alpha value is -0.160. The lowest BCUT2D eigenvalue weighted by atomic mass is 10.3. The van der Waals surface area contributed by atoms with Gasteiger partial charge in [-0.25, -0.2) is 0 Å². The Morgan fingerprint density at radius 3 is 3.07 bits per heavy atom. The molecule has 0 aromatic carbocycles.